The molecule has 1 N–H and O–H groups in total. The van der Waals surface area contributed by atoms with Crippen LogP contribution in [0.3, 0.4) is 0 Å². The van der Waals surface area contributed by atoms with Crippen LogP contribution in [0.15, 0.2) is 42.5 Å². The van der Waals surface area contributed by atoms with E-state index in [-0.39, 0.29) is 0 Å². The zero-order valence-corrected chi connectivity index (χ0v) is 17.5. The van der Waals surface area contributed by atoms with Crippen LogP contribution in [-0.2, 0) is 16.4 Å². The molecule has 0 spiro atoms. The van der Waals surface area contributed by atoms with Crippen molar-refractivity contribution in [3.8, 4) is 5.75 Å². The molecule has 0 bridgehead atoms. The summed E-state index contributed by atoms with van der Waals surface area (Å²) in [5, 5.41) is 0. The lowest BCUT2D eigenvalue weighted by molar-refractivity contribution is 0.262. The number of nitrogens with zero attached hydrogens (tertiary/aromatic N) is 1. The minimum atomic E-state index is -3.22. The summed E-state index contributed by atoms with van der Waals surface area (Å²) in [5.41, 5.74) is 4.14. The Morgan fingerprint density at radius 1 is 1.00 bits per heavy atom. The topological polar surface area (TPSA) is 58.6 Å². The van der Waals surface area contributed by atoms with E-state index in [1.54, 1.807) is 12.1 Å². The molecule has 0 heterocycles. The first kappa shape index (κ1) is 21.3. The Bertz CT molecular complexity index is 813. The lowest BCUT2D eigenvalue weighted by Crippen LogP contribution is -2.23. The summed E-state index contributed by atoms with van der Waals surface area (Å²) in [7, 11) is -1.11. The Labute approximate surface area is 163 Å². The SMILES string of the molecule is Cc1cccc(C)c1OCCCN(C)CCc1ccc(NS(C)(=O)=O)cc1. The number of likely N-dealkylation sites (N-methyl/N-ethyl adjacent to an activating group) is 1. The number of para-hydroxylation sites is 1. The van der Waals surface area contributed by atoms with Gasteiger partial charge in [0, 0.05) is 18.8 Å². The van der Waals surface area contributed by atoms with Gasteiger partial charge in [0.2, 0.25) is 10.0 Å². The van der Waals surface area contributed by atoms with Gasteiger partial charge in [0.1, 0.15) is 5.75 Å². The maximum absolute atomic E-state index is 11.2. The van der Waals surface area contributed by atoms with Crippen LogP contribution in [0.25, 0.3) is 0 Å². The molecule has 0 fully saturated rings. The highest BCUT2D eigenvalue weighted by Crippen LogP contribution is 2.22. The van der Waals surface area contributed by atoms with E-state index in [0.29, 0.717) is 12.3 Å². The van der Waals surface area contributed by atoms with Gasteiger partial charge in [-0.15, -0.1) is 0 Å². The zero-order valence-electron chi connectivity index (χ0n) is 16.7. The van der Waals surface area contributed by atoms with Crippen LogP contribution >= 0.6 is 0 Å². The summed E-state index contributed by atoms with van der Waals surface area (Å²) in [5.74, 6) is 1.00. The van der Waals surface area contributed by atoms with Crippen LogP contribution < -0.4 is 9.46 Å². The molecule has 2 rings (SSSR count). The predicted molar refractivity (Wildman–Crippen MR) is 112 cm³/mol. The van der Waals surface area contributed by atoms with E-state index in [9.17, 15) is 8.42 Å². The van der Waals surface area contributed by atoms with Crippen molar-refractivity contribution in [3.63, 3.8) is 0 Å². The lowest BCUT2D eigenvalue weighted by atomic mass is 10.1. The third-order valence-electron chi connectivity index (χ3n) is 4.38. The van der Waals surface area contributed by atoms with E-state index < -0.39 is 10.0 Å². The van der Waals surface area contributed by atoms with Gasteiger partial charge in [-0.05, 0) is 62.6 Å². The number of benzene rings is 2. The van der Waals surface area contributed by atoms with Crippen LogP contribution in [0.1, 0.15) is 23.1 Å². The van der Waals surface area contributed by atoms with Crippen molar-refractivity contribution in [1.82, 2.24) is 4.90 Å². The summed E-state index contributed by atoms with van der Waals surface area (Å²) in [6.07, 6.45) is 3.05. The van der Waals surface area contributed by atoms with Crippen molar-refractivity contribution in [3.05, 3.63) is 59.2 Å². The van der Waals surface area contributed by atoms with Gasteiger partial charge in [0.25, 0.3) is 0 Å². The summed E-state index contributed by atoms with van der Waals surface area (Å²) < 4.78 is 30.9. The molecule has 2 aromatic rings. The van der Waals surface area contributed by atoms with Crippen LogP contribution in [-0.4, -0.2) is 46.3 Å². The third kappa shape index (κ3) is 7.61. The molecule has 0 atom stereocenters. The minimum absolute atomic E-state index is 0.596. The van der Waals surface area contributed by atoms with E-state index in [2.05, 4.69) is 48.7 Å². The highest BCUT2D eigenvalue weighted by molar-refractivity contribution is 7.92. The van der Waals surface area contributed by atoms with Crippen LogP contribution in [0.4, 0.5) is 5.69 Å². The van der Waals surface area contributed by atoms with E-state index in [4.69, 9.17) is 4.74 Å². The lowest BCUT2D eigenvalue weighted by Gasteiger charge is -2.17. The van der Waals surface area contributed by atoms with Gasteiger partial charge in [-0.1, -0.05) is 30.3 Å². The third-order valence-corrected chi connectivity index (χ3v) is 4.99. The normalized spacial score (nSPS) is 11.6. The van der Waals surface area contributed by atoms with Crippen molar-refractivity contribution < 1.29 is 13.2 Å². The number of rotatable bonds is 10. The Morgan fingerprint density at radius 2 is 1.63 bits per heavy atom. The smallest absolute Gasteiger partial charge is 0.229 e. The highest BCUT2D eigenvalue weighted by Gasteiger charge is 2.05. The Kier molecular flexibility index (Phi) is 7.68. The highest BCUT2D eigenvalue weighted by atomic mass is 32.2. The molecule has 6 heteroatoms. The molecule has 0 aliphatic carbocycles. The van der Waals surface area contributed by atoms with Crippen molar-refractivity contribution >= 4 is 15.7 Å². The predicted octanol–water partition coefficient (Wildman–Crippen LogP) is 3.62. The van der Waals surface area contributed by atoms with Gasteiger partial charge in [-0.25, -0.2) is 8.42 Å². The first-order chi connectivity index (χ1) is 12.7. The molecule has 0 amide bonds. The molecular formula is C21H30N2O3S. The number of hydrogen-bond donors (Lipinski definition) is 1. The largest absolute Gasteiger partial charge is 0.493 e. The molecule has 5 nitrogen and oxygen atoms in total. The number of aryl methyl sites for hydroxylation is 2. The fourth-order valence-electron chi connectivity index (χ4n) is 2.92. The van der Waals surface area contributed by atoms with Gasteiger partial charge in [-0.2, -0.15) is 0 Å². The molecule has 27 heavy (non-hydrogen) atoms. The Morgan fingerprint density at radius 3 is 2.22 bits per heavy atom. The second kappa shape index (κ2) is 9.76. The number of hydrogen-bond acceptors (Lipinski definition) is 4. The standard InChI is InChI=1S/C21H30N2O3S/c1-17-7-5-8-18(2)21(17)26-16-6-14-23(3)15-13-19-9-11-20(12-10-19)22-27(4,24)25/h5,7-12,22H,6,13-16H2,1-4H3. The summed E-state index contributed by atoms with van der Waals surface area (Å²) >= 11 is 0. The Balaban J connectivity index is 1.69. The van der Waals surface area contributed by atoms with E-state index in [1.165, 1.54) is 16.7 Å². The molecule has 0 saturated heterocycles. The number of ether oxygens (including phenoxy) is 1. The van der Waals surface area contributed by atoms with Crippen molar-refractivity contribution in [2.45, 2.75) is 26.7 Å². The molecular weight excluding hydrogens is 360 g/mol. The molecule has 0 radical (unpaired) electrons. The zero-order chi connectivity index (χ0) is 19.9. The van der Waals surface area contributed by atoms with Crippen molar-refractivity contribution in [1.29, 1.82) is 0 Å². The van der Waals surface area contributed by atoms with E-state index in [0.717, 1.165) is 37.9 Å². The fourth-order valence-corrected chi connectivity index (χ4v) is 3.49. The molecule has 0 aromatic heterocycles. The van der Waals surface area contributed by atoms with E-state index in [1.807, 2.05) is 12.1 Å². The second-order valence-electron chi connectivity index (χ2n) is 7.05. The number of nitrogens with one attached hydrogen (secondary N) is 1. The fraction of sp³-hybridized carbons (Fsp3) is 0.429. The maximum Gasteiger partial charge on any atom is 0.229 e. The molecule has 0 saturated carbocycles. The van der Waals surface area contributed by atoms with Gasteiger partial charge in [0.15, 0.2) is 0 Å². The van der Waals surface area contributed by atoms with Gasteiger partial charge in [-0.3, -0.25) is 4.72 Å². The van der Waals surface area contributed by atoms with Crippen LogP contribution in [0, 0.1) is 13.8 Å². The van der Waals surface area contributed by atoms with Crippen LogP contribution in [0.5, 0.6) is 5.75 Å². The number of sulfonamides is 1. The first-order valence-electron chi connectivity index (χ1n) is 9.19. The van der Waals surface area contributed by atoms with Gasteiger partial charge in [0.05, 0.1) is 12.9 Å². The minimum Gasteiger partial charge on any atom is -0.493 e. The number of anilines is 1. The maximum atomic E-state index is 11.2. The summed E-state index contributed by atoms with van der Waals surface area (Å²) in [6, 6.07) is 13.7. The Hall–Kier alpha value is -2.05. The van der Waals surface area contributed by atoms with E-state index >= 15 is 0 Å². The average Bonchev–Trinajstić information content (AvgIpc) is 2.59. The van der Waals surface area contributed by atoms with Crippen molar-refractivity contribution in [2.75, 3.05) is 37.7 Å². The molecule has 2 aromatic carbocycles. The monoisotopic (exact) mass is 390 g/mol. The molecule has 0 unspecified atom stereocenters. The molecule has 148 valence electrons. The molecule has 0 aliphatic heterocycles. The molecule has 0 aliphatic rings. The van der Waals surface area contributed by atoms with Crippen molar-refractivity contribution in [2.24, 2.45) is 0 Å². The summed E-state index contributed by atoms with van der Waals surface area (Å²) in [6.45, 7) is 6.78. The van der Waals surface area contributed by atoms with Gasteiger partial charge < -0.3 is 9.64 Å². The first-order valence-corrected chi connectivity index (χ1v) is 11.1. The second-order valence-corrected chi connectivity index (χ2v) is 8.80. The quantitative estimate of drug-likeness (QED) is 0.630. The van der Waals surface area contributed by atoms with Gasteiger partial charge >= 0.3 is 0 Å². The average molecular weight is 391 g/mol. The summed E-state index contributed by atoms with van der Waals surface area (Å²) in [4.78, 5) is 2.29. The van der Waals surface area contributed by atoms with Crippen LogP contribution in [0.2, 0.25) is 0 Å².